The number of thiophene rings is 1. The van der Waals surface area contributed by atoms with Crippen LogP contribution in [0, 0.1) is 0 Å². The maximum absolute atomic E-state index is 12.3. The summed E-state index contributed by atoms with van der Waals surface area (Å²) in [5.41, 5.74) is 1.02. The smallest absolute Gasteiger partial charge is 0.271 e. The van der Waals surface area contributed by atoms with Gasteiger partial charge in [0.2, 0.25) is 0 Å². The lowest BCUT2D eigenvalue weighted by molar-refractivity contribution is 0.0793. The molecule has 1 aliphatic heterocycles. The molecular formula is C15H15BrN2O3S2. The van der Waals surface area contributed by atoms with Gasteiger partial charge in [-0.3, -0.25) is 9.52 Å². The van der Waals surface area contributed by atoms with E-state index >= 15 is 0 Å². The highest BCUT2D eigenvalue weighted by Gasteiger charge is 2.20. The first kappa shape index (κ1) is 16.5. The number of carbonyl (C=O) groups is 1. The minimum Gasteiger partial charge on any atom is -0.339 e. The summed E-state index contributed by atoms with van der Waals surface area (Å²) in [7, 11) is -3.60. The predicted octanol–water partition coefficient (Wildman–Crippen LogP) is 3.55. The Kier molecular flexibility index (Phi) is 4.74. The molecule has 0 atom stereocenters. The normalized spacial score (nSPS) is 14.9. The second-order valence-corrected chi connectivity index (χ2v) is 9.61. The monoisotopic (exact) mass is 414 g/mol. The fourth-order valence-corrected chi connectivity index (χ4v) is 5.50. The van der Waals surface area contributed by atoms with Crippen LogP contribution < -0.4 is 4.72 Å². The van der Waals surface area contributed by atoms with E-state index in [4.69, 9.17) is 0 Å². The molecule has 2 heterocycles. The van der Waals surface area contributed by atoms with E-state index in [-0.39, 0.29) is 10.1 Å². The Hall–Kier alpha value is -1.38. The molecular weight excluding hydrogens is 400 g/mol. The Labute approximate surface area is 147 Å². The molecule has 3 rings (SSSR count). The van der Waals surface area contributed by atoms with Crippen LogP contribution in [0.1, 0.15) is 23.2 Å². The molecule has 0 saturated carbocycles. The summed E-state index contributed by atoms with van der Waals surface area (Å²) in [5, 5.41) is 0. The molecule has 2 aromatic rings. The molecule has 1 saturated heterocycles. The standard InChI is InChI=1S/C15H15BrN2O3S2/c16-13-7-8-14(22-13)23(20,21)17-12-5-3-11(4-6-12)15(19)18-9-1-2-10-18/h3-8,17H,1-2,9-10H2. The van der Waals surface area contributed by atoms with Crippen molar-refractivity contribution in [1.82, 2.24) is 4.90 Å². The average molecular weight is 415 g/mol. The number of sulfonamides is 1. The van der Waals surface area contributed by atoms with Crippen LogP contribution >= 0.6 is 27.3 Å². The zero-order chi connectivity index (χ0) is 16.4. The second kappa shape index (κ2) is 6.62. The Balaban J connectivity index is 1.73. The molecule has 1 aromatic heterocycles. The average Bonchev–Trinajstić information content (AvgIpc) is 3.18. The molecule has 8 heteroatoms. The van der Waals surface area contributed by atoms with Crippen molar-refractivity contribution in [2.45, 2.75) is 17.1 Å². The molecule has 1 fully saturated rings. The van der Waals surface area contributed by atoms with Crippen molar-refractivity contribution in [1.29, 1.82) is 0 Å². The molecule has 0 bridgehead atoms. The topological polar surface area (TPSA) is 66.5 Å². The summed E-state index contributed by atoms with van der Waals surface area (Å²) in [5.74, 6) is -0.000838. The molecule has 0 radical (unpaired) electrons. The summed E-state index contributed by atoms with van der Waals surface area (Å²) in [6.07, 6.45) is 2.08. The third kappa shape index (κ3) is 3.76. The quantitative estimate of drug-likeness (QED) is 0.831. The predicted molar refractivity (Wildman–Crippen MR) is 94.4 cm³/mol. The van der Waals surface area contributed by atoms with Gasteiger partial charge >= 0.3 is 0 Å². The SMILES string of the molecule is O=C(c1ccc(NS(=O)(=O)c2ccc(Br)s2)cc1)N1CCCC1. The summed E-state index contributed by atoms with van der Waals surface area (Å²) in [6, 6.07) is 9.78. The van der Waals surface area contributed by atoms with Gasteiger partial charge in [-0.1, -0.05) is 0 Å². The summed E-state index contributed by atoms with van der Waals surface area (Å²) >= 11 is 4.40. The van der Waals surface area contributed by atoms with E-state index < -0.39 is 10.0 Å². The van der Waals surface area contributed by atoms with Crippen molar-refractivity contribution in [3.63, 3.8) is 0 Å². The third-order valence-electron chi connectivity index (χ3n) is 3.59. The third-order valence-corrected chi connectivity index (χ3v) is 7.09. The number of nitrogens with zero attached hydrogens (tertiary/aromatic N) is 1. The Bertz CT molecular complexity index is 810. The fourth-order valence-electron chi connectivity index (χ4n) is 2.43. The highest BCUT2D eigenvalue weighted by Crippen LogP contribution is 2.27. The van der Waals surface area contributed by atoms with Gasteiger partial charge in [-0.2, -0.15) is 0 Å². The van der Waals surface area contributed by atoms with Crippen LogP contribution in [0.3, 0.4) is 0 Å². The van der Waals surface area contributed by atoms with E-state index in [1.807, 2.05) is 4.90 Å². The number of nitrogens with one attached hydrogen (secondary N) is 1. The second-order valence-electron chi connectivity index (χ2n) is 5.24. The van der Waals surface area contributed by atoms with Crippen molar-refractivity contribution in [2.75, 3.05) is 17.8 Å². The van der Waals surface area contributed by atoms with E-state index in [0.29, 0.717) is 11.3 Å². The fraction of sp³-hybridized carbons (Fsp3) is 0.267. The highest BCUT2D eigenvalue weighted by molar-refractivity contribution is 9.11. The van der Waals surface area contributed by atoms with Crippen LogP contribution in [0.2, 0.25) is 0 Å². The van der Waals surface area contributed by atoms with Crippen LogP contribution in [0.5, 0.6) is 0 Å². The van der Waals surface area contributed by atoms with Gasteiger partial charge in [-0.05, 0) is 65.2 Å². The van der Waals surface area contributed by atoms with Crippen LogP contribution in [0.15, 0.2) is 44.4 Å². The van der Waals surface area contributed by atoms with Gasteiger partial charge in [0, 0.05) is 24.3 Å². The Morgan fingerprint density at radius 1 is 1.09 bits per heavy atom. The van der Waals surface area contributed by atoms with Crippen molar-refractivity contribution in [2.24, 2.45) is 0 Å². The minimum atomic E-state index is -3.60. The van der Waals surface area contributed by atoms with Crippen molar-refractivity contribution < 1.29 is 13.2 Å². The summed E-state index contributed by atoms with van der Waals surface area (Å²) in [6.45, 7) is 1.58. The van der Waals surface area contributed by atoms with E-state index in [2.05, 4.69) is 20.7 Å². The number of carbonyl (C=O) groups excluding carboxylic acids is 1. The number of benzene rings is 1. The van der Waals surface area contributed by atoms with Crippen molar-refractivity contribution in [3.05, 3.63) is 45.7 Å². The lowest BCUT2D eigenvalue weighted by Crippen LogP contribution is -2.27. The van der Waals surface area contributed by atoms with Gasteiger partial charge in [0.25, 0.3) is 15.9 Å². The van der Waals surface area contributed by atoms with Crippen LogP contribution in [-0.2, 0) is 10.0 Å². The number of anilines is 1. The maximum Gasteiger partial charge on any atom is 0.271 e. The van der Waals surface area contributed by atoms with Gasteiger partial charge in [0.1, 0.15) is 4.21 Å². The zero-order valence-corrected chi connectivity index (χ0v) is 15.4. The molecule has 23 heavy (non-hydrogen) atoms. The minimum absolute atomic E-state index is 0.000838. The molecule has 0 aliphatic carbocycles. The molecule has 1 aliphatic rings. The van der Waals surface area contributed by atoms with Crippen molar-refractivity contribution >= 4 is 48.9 Å². The highest BCUT2D eigenvalue weighted by atomic mass is 79.9. The number of likely N-dealkylation sites (tertiary alicyclic amines) is 1. The number of rotatable bonds is 4. The van der Waals surface area contributed by atoms with Gasteiger partial charge in [0.15, 0.2) is 0 Å². The number of hydrogen-bond acceptors (Lipinski definition) is 4. The molecule has 0 spiro atoms. The number of halogens is 1. The van der Waals surface area contributed by atoms with Crippen LogP contribution in [-0.4, -0.2) is 32.3 Å². The lowest BCUT2D eigenvalue weighted by atomic mass is 10.2. The zero-order valence-electron chi connectivity index (χ0n) is 12.2. The Morgan fingerprint density at radius 3 is 2.30 bits per heavy atom. The number of amides is 1. The molecule has 1 aromatic carbocycles. The van der Waals surface area contributed by atoms with Crippen LogP contribution in [0.4, 0.5) is 5.69 Å². The first-order valence-electron chi connectivity index (χ1n) is 7.13. The summed E-state index contributed by atoms with van der Waals surface area (Å²) in [4.78, 5) is 14.1. The van der Waals surface area contributed by atoms with Gasteiger partial charge in [-0.15, -0.1) is 11.3 Å². The largest absolute Gasteiger partial charge is 0.339 e. The van der Waals surface area contributed by atoms with E-state index in [0.717, 1.165) is 41.1 Å². The van der Waals surface area contributed by atoms with Gasteiger partial charge < -0.3 is 4.90 Å². The van der Waals surface area contributed by atoms with E-state index in [9.17, 15) is 13.2 Å². The first-order valence-corrected chi connectivity index (χ1v) is 10.2. The summed E-state index contributed by atoms with van der Waals surface area (Å²) < 4.78 is 28.0. The van der Waals surface area contributed by atoms with Gasteiger partial charge in [0.05, 0.1) is 3.79 Å². The van der Waals surface area contributed by atoms with E-state index in [1.165, 1.54) is 0 Å². The van der Waals surface area contributed by atoms with Crippen LogP contribution in [0.25, 0.3) is 0 Å². The van der Waals surface area contributed by atoms with E-state index in [1.54, 1.807) is 36.4 Å². The molecule has 5 nitrogen and oxygen atoms in total. The molecule has 0 unspecified atom stereocenters. The number of hydrogen-bond donors (Lipinski definition) is 1. The van der Waals surface area contributed by atoms with Crippen molar-refractivity contribution in [3.8, 4) is 0 Å². The molecule has 1 amide bonds. The Morgan fingerprint density at radius 2 is 1.74 bits per heavy atom. The lowest BCUT2D eigenvalue weighted by Gasteiger charge is -2.15. The van der Waals surface area contributed by atoms with Gasteiger partial charge in [-0.25, -0.2) is 8.42 Å². The molecule has 1 N–H and O–H groups in total. The maximum atomic E-state index is 12.3. The molecule has 122 valence electrons. The first-order chi connectivity index (χ1) is 11.0.